The summed E-state index contributed by atoms with van der Waals surface area (Å²) >= 11 is 0. The van der Waals surface area contributed by atoms with Gasteiger partial charge < -0.3 is 15.0 Å². The Kier molecular flexibility index (Phi) is 2.99. The number of hydrogen-bond donors (Lipinski definition) is 1. The molecule has 1 aromatic heterocycles. The molecule has 92 valence electrons. The van der Waals surface area contributed by atoms with Crippen molar-refractivity contribution >= 4 is 5.82 Å². The molecule has 0 saturated carbocycles. The summed E-state index contributed by atoms with van der Waals surface area (Å²) in [6.45, 7) is 3.67. The smallest absolute Gasteiger partial charge is 0.128 e. The lowest BCUT2D eigenvalue weighted by Gasteiger charge is -2.26. The number of rotatable bonds is 2. The number of fused-ring (bicyclic) bond motifs is 1. The lowest BCUT2D eigenvalue weighted by molar-refractivity contribution is 0.107. The van der Waals surface area contributed by atoms with Gasteiger partial charge in [0.1, 0.15) is 5.82 Å². The fraction of sp³-hybridized carbons (Fsp3) is 0.615. The van der Waals surface area contributed by atoms with Crippen molar-refractivity contribution in [2.24, 2.45) is 0 Å². The first kappa shape index (κ1) is 11.0. The lowest BCUT2D eigenvalue weighted by atomic mass is 10.1. The van der Waals surface area contributed by atoms with Crippen LogP contribution in [-0.2, 0) is 17.8 Å². The highest BCUT2D eigenvalue weighted by Gasteiger charge is 2.21. The molecule has 0 bridgehead atoms. The number of hydrogen-bond acceptors (Lipinski definition) is 4. The molecule has 3 rings (SSSR count). The van der Waals surface area contributed by atoms with E-state index < -0.39 is 0 Å². The molecule has 1 saturated heterocycles. The second-order valence-corrected chi connectivity index (χ2v) is 4.84. The van der Waals surface area contributed by atoms with Gasteiger partial charge in [0.15, 0.2) is 0 Å². The van der Waals surface area contributed by atoms with Crippen LogP contribution >= 0.6 is 0 Å². The van der Waals surface area contributed by atoms with Gasteiger partial charge in [-0.25, -0.2) is 4.98 Å². The van der Waals surface area contributed by atoms with E-state index in [2.05, 4.69) is 29.4 Å². The van der Waals surface area contributed by atoms with Crippen molar-refractivity contribution in [3.05, 3.63) is 23.4 Å². The van der Waals surface area contributed by atoms with E-state index in [4.69, 9.17) is 9.72 Å². The van der Waals surface area contributed by atoms with Crippen molar-refractivity contribution in [1.82, 2.24) is 10.3 Å². The topological polar surface area (TPSA) is 37.4 Å². The standard InChI is InChI=1S/C13H19N3O/c1-16(11-4-6-14-8-11)13-3-2-10-5-7-17-9-12(10)15-13/h2-3,11,14H,4-9H2,1H3. The third-order valence-electron chi connectivity index (χ3n) is 3.75. The van der Waals surface area contributed by atoms with Crippen LogP contribution in [0.25, 0.3) is 0 Å². The third-order valence-corrected chi connectivity index (χ3v) is 3.75. The zero-order valence-electron chi connectivity index (χ0n) is 10.3. The minimum Gasteiger partial charge on any atom is -0.375 e. The van der Waals surface area contributed by atoms with Crippen LogP contribution in [0.3, 0.4) is 0 Å². The summed E-state index contributed by atoms with van der Waals surface area (Å²) < 4.78 is 5.46. The zero-order valence-corrected chi connectivity index (χ0v) is 10.3. The first-order valence-corrected chi connectivity index (χ1v) is 6.34. The van der Waals surface area contributed by atoms with Gasteiger partial charge in [0, 0.05) is 19.6 Å². The van der Waals surface area contributed by atoms with E-state index in [-0.39, 0.29) is 0 Å². The Morgan fingerprint density at radius 2 is 2.41 bits per heavy atom. The molecular weight excluding hydrogens is 214 g/mol. The molecule has 1 unspecified atom stereocenters. The Labute approximate surface area is 102 Å². The monoisotopic (exact) mass is 233 g/mol. The summed E-state index contributed by atoms with van der Waals surface area (Å²) in [5, 5.41) is 3.39. The maximum absolute atomic E-state index is 5.46. The van der Waals surface area contributed by atoms with E-state index in [1.165, 1.54) is 12.0 Å². The minimum atomic E-state index is 0.574. The Hall–Kier alpha value is -1.13. The number of pyridine rings is 1. The molecule has 2 aliphatic heterocycles. The van der Waals surface area contributed by atoms with E-state index >= 15 is 0 Å². The second-order valence-electron chi connectivity index (χ2n) is 4.84. The van der Waals surface area contributed by atoms with Crippen molar-refractivity contribution in [2.45, 2.75) is 25.5 Å². The normalized spacial score (nSPS) is 23.5. The number of aromatic nitrogens is 1. The molecule has 3 heterocycles. The highest BCUT2D eigenvalue weighted by atomic mass is 16.5. The van der Waals surface area contributed by atoms with Crippen molar-refractivity contribution in [2.75, 3.05) is 31.6 Å². The summed E-state index contributed by atoms with van der Waals surface area (Å²) in [5.74, 6) is 1.07. The van der Waals surface area contributed by atoms with Gasteiger partial charge in [-0.05, 0) is 31.0 Å². The maximum atomic E-state index is 5.46. The first-order valence-electron chi connectivity index (χ1n) is 6.34. The summed E-state index contributed by atoms with van der Waals surface area (Å²) in [6.07, 6.45) is 2.20. The van der Waals surface area contributed by atoms with Crippen molar-refractivity contribution in [3.8, 4) is 0 Å². The lowest BCUT2D eigenvalue weighted by Crippen LogP contribution is -2.34. The molecule has 1 fully saturated rings. The van der Waals surface area contributed by atoms with Crippen LogP contribution in [0.4, 0.5) is 5.82 Å². The Morgan fingerprint density at radius 1 is 1.47 bits per heavy atom. The van der Waals surface area contributed by atoms with Gasteiger partial charge in [-0.15, -0.1) is 0 Å². The average molecular weight is 233 g/mol. The Morgan fingerprint density at radius 3 is 3.24 bits per heavy atom. The Balaban J connectivity index is 1.82. The van der Waals surface area contributed by atoms with E-state index in [0.717, 1.165) is 37.6 Å². The summed E-state index contributed by atoms with van der Waals surface area (Å²) in [7, 11) is 2.13. The van der Waals surface area contributed by atoms with Crippen LogP contribution in [-0.4, -0.2) is 37.8 Å². The third kappa shape index (κ3) is 2.15. The number of anilines is 1. The molecule has 4 heteroatoms. The number of nitrogens with zero attached hydrogens (tertiary/aromatic N) is 2. The summed E-state index contributed by atoms with van der Waals surface area (Å²) in [6, 6.07) is 4.92. The van der Waals surface area contributed by atoms with E-state index in [1.54, 1.807) is 0 Å². The number of nitrogens with one attached hydrogen (secondary N) is 1. The Bertz CT molecular complexity index is 402. The van der Waals surface area contributed by atoms with Crippen LogP contribution in [0.5, 0.6) is 0 Å². The molecule has 0 spiro atoms. The van der Waals surface area contributed by atoms with E-state index in [0.29, 0.717) is 12.6 Å². The molecule has 0 amide bonds. The van der Waals surface area contributed by atoms with Crippen LogP contribution < -0.4 is 10.2 Å². The average Bonchev–Trinajstić information content (AvgIpc) is 2.91. The van der Waals surface area contributed by atoms with Crippen molar-refractivity contribution in [3.63, 3.8) is 0 Å². The van der Waals surface area contributed by atoms with Gasteiger partial charge >= 0.3 is 0 Å². The van der Waals surface area contributed by atoms with Gasteiger partial charge in [0.25, 0.3) is 0 Å². The molecule has 4 nitrogen and oxygen atoms in total. The van der Waals surface area contributed by atoms with Crippen molar-refractivity contribution < 1.29 is 4.74 Å². The van der Waals surface area contributed by atoms with Gasteiger partial charge in [0.05, 0.1) is 18.9 Å². The minimum absolute atomic E-state index is 0.574. The SMILES string of the molecule is CN(c1ccc2c(n1)COCC2)C1CCNC1. The van der Waals surface area contributed by atoms with Gasteiger partial charge in [-0.2, -0.15) is 0 Å². The highest BCUT2D eigenvalue weighted by molar-refractivity contribution is 5.42. The van der Waals surface area contributed by atoms with Gasteiger partial charge in [-0.1, -0.05) is 6.07 Å². The van der Waals surface area contributed by atoms with Crippen LogP contribution in [0, 0.1) is 0 Å². The van der Waals surface area contributed by atoms with Crippen LogP contribution in [0.1, 0.15) is 17.7 Å². The largest absolute Gasteiger partial charge is 0.375 e. The molecule has 1 atom stereocenters. The zero-order chi connectivity index (χ0) is 11.7. The predicted octanol–water partition coefficient (Wildman–Crippen LogP) is 0.952. The van der Waals surface area contributed by atoms with E-state index in [9.17, 15) is 0 Å². The molecular formula is C13H19N3O. The van der Waals surface area contributed by atoms with Gasteiger partial charge in [-0.3, -0.25) is 0 Å². The molecule has 17 heavy (non-hydrogen) atoms. The van der Waals surface area contributed by atoms with E-state index in [1.807, 2.05) is 0 Å². The predicted molar refractivity (Wildman–Crippen MR) is 67.3 cm³/mol. The summed E-state index contributed by atoms with van der Waals surface area (Å²) in [5.41, 5.74) is 2.46. The van der Waals surface area contributed by atoms with Crippen LogP contribution in [0.2, 0.25) is 0 Å². The van der Waals surface area contributed by atoms with Crippen LogP contribution in [0.15, 0.2) is 12.1 Å². The fourth-order valence-electron chi connectivity index (χ4n) is 2.58. The first-order chi connectivity index (χ1) is 8.34. The number of likely N-dealkylation sites (N-methyl/N-ethyl adjacent to an activating group) is 1. The second kappa shape index (κ2) is 4.63. The maximum Gasteiger partial charge on any atom is 0.128 e. The quantitative estimate of drug-likeness (QED) is 0.825. The fourth-order valence-corrected chi connectivity index (χ4v) is 2.58. The molecule has 1 N–H and O–H groups in total. The summed E-state index contributed by atoms with van der Waals surface area (Å²) in [4.78, 5) is 7.02. The molecule has 2 aliphatic rings. The molecule has 0 aromatic carbocycles. The number of ether oxygens (including phenoxy) is 1. The molecule has 0 radical (unpaired) electrons. The van der Waals surface area contributed by atoms with Crippen molar-refractivity contribution in [1.29, 1.82) is 0 Å². The molecule has 1 aromatic rings. The highest BCUT2D eigenvalue weighted by Crippen LogP contribution is 2.21. The van der Waals surface area contributed by atoms with Gasteiger partial charge in [0.2, 0.25) is 0 Å². The molecule has 0 aliphatic carbocycles.